The molecule has 4 heteroatoms. The lowest BCUT2D eigenvalue weighted by Gasteiger charge is -1.90. The van der Waals surface area contributed by atoms with Gasteiger partial charge in [0.15, 0.2) is 0 Å². The van der Waals surface area contributed by atoms with Crippen LogP contribution in [-0.4, -0.2) is 27.8 Å². The van der Waals surface area contributed by atoms with Crippen molar-refractivity contribution in [3.63, 3.8) is 0 Å². The molecular formula is C6H14O3Si. The third kappa shape index (κ3) is 7.36. The van der Waals surface area contributed by atoms with E-state index in [9.17, 15) is 9.59 Å². The molecule has 0 aromatic heterocycles. The highest BCUT2D eigenvalue weighted by molar-refractivity contribution is 5.94. The van der Waals surface area contributed by atoms with E-state index >= 15 is 0 Å². The number of carboxylic acid groups (broad SMARTS) is 1. The van der Waals surface area contributed by atoms with Crippen LogP contribution in [0.1, 0.15) is 26.2 Å². The monoisotopic (exact) mass is 162 g/mol. The molecule has 3 nitrogen and oxygen atoms in total. The minimum atomic E-state index is -1.03. The first-order valence-electron chi connectivity index (χ1n) is 2.90. The number of aliphatic carboxylic acids is 1. The van der Waals surface area contributed by atoms with Gasteiger partial charge in [-0.05, 0) is 17.4 Å². The minimum absolute atomic E-state index is 0. The molecule has 0 spiro atoms. The van der Waals surface area contributed by atoms with Gasteiger partial charge in [-0.3, -0.25) is 9.59 Å². The van der Waals surface area contributed by atoms with Crippen molar-refractivity contribution in [3.8, 4) is 0 Å². The lowest BCUT2D eigenvalue weighted by molar-refractivity contribution is -0.140. The van der Waals surface area contributed by atoms with Crippen LogP contribution in [0.3, 0.4) is 0 Å². The lowest BCUT2D eigenvalue weighted by atomic mass is 10.2. The molecule has 1 N–H and O–H groups in total. The summed E-state index contributed by atoms with van der Waals surface area (Å²) in [6.07, 6.45) is 0.784. The molecule has 0 saturated heterocycles. The SMILES string of the molecule is CCCC(=O)CC(=O)O.[SiH4]. The first-order valence-corrected chi connectivity index (χ1v) is 2.90. The Morgan fingerprint density at radius 2 is 1.90 bits per heavy atom. The summed E-state index contributed by atoms with van der Waals surface area (Å²) in [5.74, 6) is -1.22. The van der Waals surface area contributed by atoms with E-state index in [1.165, 1.54) is 0 Å². The van der Waals surface area contributed by atoms with E-state index in [-0.39, 0.29) is 23.2 Å². The van der Waals surface area contributed by atoms with Gasteiger partial charge in [0.05, 0.1) is 0 Å². The number of ketones is 1. The van der Waals surface area contributed by atoms with Gasteiger partial charge < -0.3 is 5.11 Å². The van der Waals surface area contributed by atoms with Crippen LogP contribution in [0.5, 0.6) is 0 Å². The van der Waals surface area contributed by atoms with Gasteiger partial charge in [0, 0.05) is 6.42 Å². The average Bonchev–Trinajstić information content (AvgIpc) is 1.63. The standard InChI is InChI=1S/C6H10O3.H4Si/c1-2-3-5(7)4-6(8)9;/h2-4H2,1H3,(H,8,9);1H4. The molecule has 0 aliphatic heterocycles. The van der Waals surface area contributed by atoms with Gasteiger partial charge >= 0.3 is 5.97 Å². The molecule has 0 aromatic carbocycles. The molecule has 0 aliphatic carbocycles. The van der Waals surface area contributed by atoms with Crippen LogP contribution in [0.25, 0.3) is 0 Å². The van der Waals surface area contributed by atoms with Crippen molar-refractivity contribution in [2.24, 2.45) is 0 Å². The molecule has 10 heavy (non-hydrogen) atoms. The first-order chi connectivity index (χ1) is 4.16. The summed E-state index contributed by atoms with van der Waals surface area (Å²) < 4.78 is 0. The quantitative estimate of drug-likeness (QED) is 0.443. The zero-order valence-electron chi connectivity index (χ0n) is 5.39. The minimum Gasteiger partial charge on any atom is -0.481 e. The van der Waals surface area contributed by atoms with Gasteiger partial charge in [-0.2, -0.15) is 0 Å². The Morgan fingerprint density at radius 1 is 1.40 bits per heavy atom. The molecule has 0 radical (unpaired) electrons. The van der Waals surface area contributed by atoms with Gasteiger partial charge in [0.25, 0.3) is 0 Å². The third-order valence-electron chi connectivity index (χ3n) is 0.877. The number of carbonyl (C=O) groups excluding carboxylic acids is 1. The Bertz CT molecular complexity index is 122. The van der Waals surface area contributed by atoms with Crippen LogP contribution in [0.2, 0.25) is 0 Å². The number of rotatable bonds is 4. The molecule has 0 fully saturated rings. The number of carbonyl (C=O) groups is 2. The van der Waals surface area contributed by atoms with Crippen molar-refractivity contribution in [1.29, 1.82) is 0 Å². The molecule has 0 bridgehead atoms. The van der Waals surface area contributed by atoms with Crippen molar-refractivity contribution in [2.45, 2.75) is 26.2 Å². The Balaban J connectivity index is 0. The van der Waals surface area contributed by atoms with Crippen LogP contribution in [0.15, 0.2) is 0 Å². The van der Waals surface area contributed by atoms with E-state index in [0.717, 1.165) is 6.42 Å². The summed E-state index contributed by atoms with van der Waals surface area (Å²) in [5, 5.41) is 8.09. The molecule has 0 aromatic rings. The van der Waals surface area contributed by atoms with E-state index < -0.39 is 5.97 Å². The Morgan fingerprint density at radius 3 is 2.20 bits per heavy atom. The van der Waals surface area contributed by atoms with E-state index in [0.29, 0.717) is 6.42 Å². The predicted octanol–water partition coefficient (Wildman–Crippen LogP) is -0.621. The Labute approximate surface area is 64.5 Å². The first kappa shape index (κ1) is 12.1. The topological polar surface area (TPSA) is 54.4 Å². The maximum atomic E-state index is 10.5. The zero-order chi connectivity index (χ0) is 7.28. The smallest absolute Gasteiger partial charge is 0.310 e. The fourth-order valence-corrected chi connectivity index (χ4v) is 0.536. The molecule has 60 valence electrons. The normalized spacial score (nSPS) is 8.10. The number of carboxylic acids is 1. The summed E-state index contributed by atoms with van der Waals surface area (Å²) in [6.45, 7) is 1.85. The number of hydrogen-bond acceptors (Lipinski definition) is 2. The summed E-state index contributed by atoms with van der Waals surface area (Å²) in [6, 6.07) is 0. The fraction of sp³-hybridized carbons (Fsp3) is 0.667. The maximum Gasteiger partial charge on any atom is 0.310 e. The highest BCUT2D eigenvalue weighted by Gasteiger charge is 2.04. The number of Topliss-reactive ketones (excluding diaryl/α,β-unsaturated/α-hetero) is 1. The van der Waals surface area contributed by atoms with Gasteiger partial charge in [0.2, 0.25) is 0 Å². The van der Waals surface area contributed by atoms with Crippen molar-refractivity contribution in [1.82, 2.24) is 0 Å². The molecular weight excluding hydrogens is 148 g/mol. The zero-order valence-corrected chi connectivity index (χ0v) is 5.39. The van der Waals surface area contributed by atoms with Crippen LogP contribution >= 0.6 is 0 Å². The largest absolute Gasteiger partial charge is 0.481 e. The highest BCUT2D eigenvalue weighted by Crippen LogP contribution is 1.92. The van der Waals surface area contributed by atoms with Gasteiger partial charge in [-0.25, -0.2) is 0 Å². The Hall–Kier alpha value is -0.643. The van der Waals surface area contributed by atoms with E-state index in [1.807, 2.05) is 6.92 Å². The molecule has 0 unspecified atom stereocenters. The van der Waals surface area contributed by atoms with Gasteiger partial charge in [-0.1, -0.05) is 6.92 Å². The summed E-state index contributed by atoms with van der Waals surface area (Å²) in [5.41, 5.74) is 0. The third-order valence-corrected chi connectivity index (χ3v) is 0.877. The van der Waals surface area contributed by atoms with Crippen molar-refractivity contribution in [2.75, 3.05) is 0 Å². The van der Waals surface area contributed by atoms with E-state index in [4.69, 9.17) is 5.11 Å². The highest BCUT2D eigenvalue weighted by atomic mass is 28.1. The molecule has 0 rings (SSSR count). The van der Waals surface area contributed by atoms with E-state index in [1.54, 1.807) is 0 Å². The predicted molar refractivity (Wildman–Crippen MR) is 43.5 cm³/mol. The van der Waals surface area contributed by atoms with E-state index in [2.05, 4.69) is 0 Å². The summed E-state index contributed by atoms with van der Waals surface area (Å²) >= 11 is 0. The number of hydrogen-bond donors (Lipinski definition) is 1. The van der Waals surface area contributed by atoms with Crippen LogP contribution < -0.4 is 0 Å². The second-order valence-electron chi connectivity index (χ2n) is 1.86. The van der Waals surface area contributed by atoms with Crippen molar-refractivity contribution < 1.29 is 14.7 Å². The summed E-state index contributed by atoms with van der Waals surface area (Å²) in [7, 11) is 0. The van der Waals surface area contributed by atoms with Gasteiger partial charge in [-0.15, -0.1) is 0 Å². The van der Waals surface area contributed by atoms with Crippen molar-refractivity contribution in [3.05, 3.63) is 0 Å². The maximum absolute atomic E-state index is 10.5. The molecule has 0 aliphatic rings. The second kappa shape index (κ2) is 6.48. The Kier molecular flexibility index (Phi) is 7.82. The average molecular weight is 162 g/mol. The molecule has 0 atom stereocenters. The molecule has 0 saturated carbocycles. The van der Waals surface area contributed by atoms with Crippen LogP contribution in [0.4, 0.5) is 0 Å². The van der Waals surface area contributed by atoms with Crippen LogP contribution in [-0.2, 0) is 9.59 Å². The van der Waals surface area contributed by atoms with Crippen LogP contribution in [0, 0.1) is 0 Å². The lowest BCUT2D eigenvalue weighted by Crippen LogP contribution is -2.05. The van der Waals surface area contributed by atoms with Gasteiger partial charge in [0.1, 0.15) is 12.2 Å². The molecule has 0 heterocycles. The molecule has 0 amide bonds. The summed E-state index contributed by atoms with van der Waals surface area (Å²) in [4.78, 5) is 20.3. The van der Waals surface area contributed by atoms with Crippen molar-refractivity contribution >= 4 is 22.7 Å². The fourth-order valence-electron chi connectivity index (χ4n) is 0.536. The second-order valence-corrected chi connectivity index (χ2v) is 1.86.